The first-order valence-corrected chi connectivity index (χ1v) is 5.53. The Balaban J connectivity index is 1.76. The van der Waals surface area contributed by atoms with E-state index >= 15 is 0 Å². The third-order valence-corrected chi connectivity index (χ3v) is 2.41. The van der Waals surface area contributed by atoms with Crippen molar-refractivity contribution >= 4 is 5.82 Å². The lowest BCUT2D eigenvalue weighted by atomic mass is 10.4. The zero-order valence-corrected chi connectivity index (χ0v) is 9.38. The summed E-state index contributed by atoms with van der Waals surface area (Å²) in [5, 5.41) is 6.75. The fraction of sp³-hybridized carbons (Fsp3) is 0.636. The average Bonchev–Trinajstić information content (AvgIpc) is 2.94. The Morgan fingerprint density at radius 3 is 2.73 bits per heavy atom. The van der Waals surface area contributed by atoms with Crippen LogP contribution in [0, 0.1) is 13.8 Å². The van der Waals surface area contributed by atoms with E-state index in [0.29, 0.717) is 0 Å². The Hall–Kier alpha value is -1.16. The summed E-state index contributed by atoms with van der Waals surface area (Å²) in [5.74, 6) is 1.75. The number of aryl methyl sites for hydroxylation is 2. The van der Waals surface area contributed by atoms with Crippen LogP contribution in [0.5, 0.6) is 0 Å². The van der Waals surface area contributed by atoms with Gasteiger partial charge in [0.05, 0.1) is 0 Å². The summed E-state index contributed by atoms with van der Waals surface area (Å²) in [6.07, 6.45) is 2.68. The van der Waals surface area contributed by atoms with E-state index in [4.69, 9.17) is 0 Å². The molecule has 2 rings (SSSR count). The number of anilines is 1. The van der Waals surface area contributed by atoms with E-state index in [1.807, 2.05) is 19.9 Å². The van der Waals surface area contributed by atoms with Crippen molar-refractivity contribution in [1.82, 2.24) is 15.3 Å². The first kappa shape index (κ1) is 10.4. The molecule has 0 amide bonds. The number of hydrogen-bond acceptors (Lipinski definition) is 4. The summed E-state index contributed by atoms with van der Waals surface area (Å²) < 4.78 is 0. The molecule has 4 heteroatoms. The largest absolute Gasteiger partial charge is 0.369 e. The van der Waals surface area contributed by atoms with Crippen molar-refractivity contribution in [2.45, 2.75) is 32.7 Å². The maximum Gasteiger partial charge on any atom is 0.129 e. The second-order valence-corrected chi connectivity index (χ2v) is 4.10. The third kappa shape index (κ3) is 3.47. The van der Waals surface area contributed by atoms with Gasteiger partial charge in [0.1, 0.15) is 11.6 Å². The van der Waals surface area contributed by atoms with Gasteiger partial charge in [0.25, 0.3) is 0 Å². The molecule has 0 aliphatic heterocycles. The summed E-state index contributed by atoms with van der Waals surface area (Å²) in [6, 6.07) is 2.75. The molecule has 0 radical (unpaired) electrons. The van der Waals surface area contributed by atoms with Crippen LogP contribution < -0.4 is 10.6 Å². The molecule has 1 fully saturated rings. The van der Waals surface area contributed by atoms with Gasteiger partial charge in [-0.25, -0.2) is 9.97 Å². The van der Waals surface area contributed by atoms with Crippen molar-refractivity contribution in [2.75, 3.05) is 18.4 Å². The number of hydrogen-bond donors (Lipinski definition) is 2. The molecule has 4 nitrogen and oxygen atoms in total. The van der Waals surface area contributed by atoms with Crippen LogP contribution in [-0.2, 0) is 0 Å². The number of aromatic nitrogens is 2. The summed E-state index contributed by atoms with van der Waals surface area (Å²) in [4.78, 5) is 8.55. The van der Waals surface area contributed by atoms with E-state index in [2.05, 4.69) is 20.6 Å². The highest BCUT2D eigenvalue weighted by atomic mass is 15.1. The second-order valence-electron chi connectivity index (χ2n) is 4.10. The van der Waals surface area contributed by atoms with Gasteiger partial charge in [-0.05, 0) is 26.7 Å². The van der Waals surface area contributed by atoms with Gasteiger partial charge in [0.2, 0.25) is 0 Å². The van der Waals surface area contributed by atoms with Crippen molar-refractivity contribution in [1.29, 1.82) is 0 Å². The normalized spacial score (nSPS) is 15.3. The molecule has 0 atom stereocenters. The van der Waals surface area contributed by atoms with Gasteiger partial charge in [0, 0.05) is 30.9 Å². The van der Waals surface area contributed by atoms with Gasteiger partial charge in [-0.15, -0.1) is 0 Å². The van der Waals surface area contributed by atoms with Crippen molar-refractivity contribution in [3.8, 4) is 0 Å². The van der Waals surface area contributed by atoms with Gasteiger partial charge in [-0.1, -0.05) is 0 Å². The first-order chi connectivity index (χ1) is 7.24. The minimum Gasteiger partial charge on any atom is -0.369 e. The molecule has 0 spiro atoms. The van der Waals surface area contributed by atoms with Crippen LogP contribution in [0.15, 0.2) is 6.07 Å². The van der Waals surface area contributed by atoms with Gasteiger partial charge in [-0.2, -0.15) is 0 Å². The van der Waals surface area contributed by atoms with E-state index < -0.39 is 0 Å². The molecule has 1 aliphatic rings. The van der Waals surface area contributed by atoms with Gasteiger partial charge < -0.3 is 10.6 Å². The summed E-state index contributed by atoms with van der Waals surface area (Å²) in [6.45, 7) is 5.84. The standard InChI is InChI=1S/C11H18N4/c1-8-7-11(15-9(2)14-8)13-6-5-12-10-3-4-10/h7,10,12H,3-6H2,1-2H3,(H,13,14,15). The smallest absolute Gasteiger partial charge is 0.129 e. The fourth-order valence-corrected chi connectivity index (χ4v) is 1.56. The fourth-order valence-electron chi connectivity index (χ4n) is 1.56. The van der Waals surface area contributed by atoms with Crippen LogP contribution in [0.3, 0.4) is 0 Å². The van der Waals surface area contributed by atoms with E-state index in [0.717, 1.165) is 36.5 Å². The second kappa shape index (κ2) is 4.57. The highest BCUT2D eigenvalue weighted by Gasteiger charge is 2.19. The lowest BCUT2D eigenvalue weighted by Crippen LogP contribution is -2.24. The van der Waals surface area contributed by atoms with Crippen molar-refractivity contribution in [3.63, 3.8) is 0 Å². The van der Waals surface area contributed by atoms with Crippen molar-refractivity contribution in [2.24, 2.45) is 0 Å². The SMILES string of the molecule is Cc1cc(NCCNC2CC2)nc(C)n1. The summed E-state index contributed by atoms with van der Waals surface area (Å²) in [5.41, 5.74) is 1.01. The molecule has 82 valence electrons. The van der Waals surface area contributed by atoms with Crippen LogP contribution >= 0.6 is 0 Å². The number of rotatable bonds is 5. The van der Waals surface area contributed by atoms with Crippen LogP contribution in [0.1, 0.15) is 24.4 Å². The topological polar surface area (TPSA) is 49.8 Å². The van der Waals surface area contributed by atoms with E-state index in [1.54, 1.807) is 0 Å². The maximum absolute atomic E-state index is 4.32. The monoisotopic (exact) mass is 206 g/mol. The summed E-state index contributed by atoms with van der Waals surface area (Å²) >= 11 is 0. The Bertz CT molecular complexity index is 313. The number of nitrogens with zero attached hydrogens (tertiary/aromatic N) is 2. The highest BCUT2D eigenvalue weighted by molar-refractivity contribution is 5.35. The Morgan fingerprint density at radius 1 is 1.27 bits per heavy atom. The maximum atomic E-state index is 4.32. The van der Waals surface area contributed by atoms with Crippen LogP contribution in [0.2, 0.25) is 0 Å². The van der Waals surface area contributed by atoms with E-state index in [-0.39, 0.29) is 0 Å². The van der Waals surface area contributed by atoms with Crippen LogP contribution in [-0.4, -0.2) is 29.1 Å². The van der Waals surface area contributed by atoms with Crippen molar-refractivity contribution in [3.05, 3.63) is 17.6 Å². The molecule has 1 saturated carbocycles. The molecule has 1 heterocycles. The molecule has 0 unspecified atom stereocenters. The molecule has 2 N–H and O–H groups in total. The molecular weight excluding hydrogens is 188 g/mol. The molecular formula is C11H18N4. The lowest BCUT2D eigenvalue weighted by molar-refractivity contribution is 0.700. The van der Waals surface area contributed by atoms with Gasteiger partial charge in [0.15, 0.2) is 0 Å². The average molecular weight is 206 g/mol. The molecule has 15 heavy (non-hydrogen) atoms. The minimum atomic E-state index is 0.778. The van der Waals surface area contributed by atoms with Crippen molar-refractivity contribution < 1.29 is 0 Å². The Kier molecular flexibility index (Phi) is 3.16. The lowest BCUT2D eigenvalue weighted by Gasteiger charge is -2.07. The number of nitrogens with one attached hydrogen (secondary N) is 2. The zero-order valence-electron chi connectivity index (χ0n) is 9.38. The Labute approximate surface area is 90.5 Å². The van der Waals surface area contributed by atoms with Gasteiger partial charge in [-0.3, -0.25) is 0 Å². The predicted octanol–water partition coefficient (Wildman–Crippen LogP) is 1.26. The molecule has 1 aromatic heterocycles. The van der Waals surface area contributed by atoms with Gasteiger partial charge >= 0.3 is 0 Å². The third-order valence-electron chi connectivity index (χ3n) is 2.41. The molecule has 1 aromatic rings. The zero-order chi connectivity index (χ0) is 10.7. The quantitative estimate of drug-likeness (QED) is 0.712. The first-order valence-electron chi connectivity index (χ1n) is 5.53. The van der Waals surface area contributed by atoms with Crippen LogP contribution in [0.4, 0.5) is 5.82 Å². The minimum absolute atomic E-state index is 0.778. The van der Waals surface area contributed by atoms with E-state index in [1.165, 1.54) is 12.8 Å². The molecule has 1 aliphatic carbocycles. The molecule has 0 aromatic carbocycles. The Morgan fingerprint density at radius 2 is 2.07 bits per heavy atom. The molecule has 0 saturated heterocycles. The predicted molar refractivity (Wildman–Crippen MR) is 61.0 cm³/mol. The van der Waals surface area contributed by atoms with Crippen LogP contribution in [0.25, 0.3) is 0 Å². The molecule has 0 bridgehead atoms. The summed E-state index contributed by atoms with van der Waals surface area (Å²) in [7, 11) is 0. The van der Waals surface area contributed by atoms with E-state index in [9.17, 15) is 0 Å². The highest BCUT2D eigenvalue weighted by Crippen LogP contribution is 2.17.